The van der Waals surface area contributed by atoms with E-state index in [2.05, 4.69) is 27.2 Å². The summed E-state index contributed by atoms with van der Waals surface area (Å²) in [5.41, 5.74) is 3.34. The number of nitrogens with zero attached hydrogens (tertiary/aromatic N) is 5. The molecule has 0 bridgehead atoms. The number of rotatable bonds is 9. The SMILES string of the molecule is C1CCC1.C=CC(=O)NC1CCCCC1Nc1ncc2c(n1)N(Cc1cscn1)C(=O)N(c1c(Cl)c(OC)cc(OC)c1Cl)C2.CC. The van der Waals surface area contributed by atoms with Gasteiger partial charge in [-0.05, 0) is 18.9 Å². The van der Waals surface area contributed by atoms with Gasteiger partial charge in [0.05, 0.1) is 44.2 Å². The molecule has 2 aliphatic carbocycles. The fraction of sp³-hybridized carbons (Fsp3) is 0.485. The van der Waals surface area contributed by atoms with Crippen molar-refractivity contribution in [2.75, 3.05) is 29.3 Å². The quantitative estimate of drug-likeness (QED) is 0.215. The van der Waals surface area contributed by atoms with Crippen LogP contribution >= 0.6 is 34.5 Å². The third kappa shape index (κ3) is 8.65. The van der Waals surface area contributed by atoms with Crippen molar-refractivity contribution in [1.82, 2.24) is 20.3 Å². The summed E-state index contributed by atoms with van der Waals surface area (Å²) in [6.45, 7) is 7.83. The van der Waals surface area contributed by atoms with Gasteiger partial charge in [0.2, 0.25) is 11.9 Å². The highest BCUT2D eigenvalue weighted by molar-refractivity contribution is 7.07. The Morgan fingerprint density at radius 3 is 2.23 bits per heavy atom. The van der Waals surface area contributed by atoms with Crippen LogP contribution in [0.2, 0.25) is 10.0 Å². The summed E-state index contributed by atoms with van der Waals surface area (Å²) in [5.74, 6) is 1.21. The zero-order chi connectivity index (χ0) is 33.9. The van der Waals surface area contributed by atoms with Gasteiger partial charge in [-0.25, -0.2) is 14.8 Å². The van der Waals surface area contributed by atoms with Crippen molar-refractivity contribution >= 4 is 63.9 Å². The number of carbonyl (C=O) groups is 2. The first-order valence-electron chi connectivity index (χ1n) is 16.0. The van der Waals surface area contributed by atoms with Crippen molar-refractivity contribution in [3.63, 3.8) is 0 Å². The lowest BCUT2D eigenvalue weighted by Gasteiger charge is -2.37. The molecule has 2 fully saturated rings. The number of thiazole rings is 1. The molecule has 0 spiro atoms. The fourth-order valence-corrected chi connectivity index (χ4v) is 6.58. The van der Waals surface area contributed by atoms with Crippen molar-refractivity contribution in [2.24, 2.45) is 0 Å². The van der Waals surface area contributed by atoms with E-state index >= 15 is 0 Å². The smallest absolute Gasteiger partial charge is 0.330 e. The summed E-state index contributed by atoms with van der Waals surface area (Å²) >= 11 is 14.8. The van der Waals surface area contributed by atoms with Gasteiger partial charge in [0.1, 0.15) is 27.4 Å². The van der Waals surface area contributed by atoms with Gasteiger partial charge < -0.3 is 20.1 Å². The molecule has 2 aromatic heterocycles. The lowest BCUT2D eigenvalue weighted by Crippen LogP contribution is -2.49. The largest absolute Gasteiger partial charge is 0.495 e. The molecule has 1 aromatic carbocycles. The summed E-state index contributed by atoms with van der Waals surface area (Å²) in [5, 5.41) is 8.60. The molecular weight excluding hydrogens is 661 g/mol. The molecule has 14 heteroatoms. The summed E-state index contributed by atoms with van der Waals surface area (Å²) in [4.78, 5) is 42.8. The van der Waals surface area contributed by atoms with Gasteiger partial charge in [-0.1, -0.05) is 82.2 Å². The fourth-order valence-electron chi connectivity index (χ4n) is 5.33. The minimum Gasteiger partial charge on any atom is -0.495 e. The molecule has 11 nitrogen and oxygen atoms in total. The molecule has 3 aromatic rings. The maximum atomic E-state index is 14.1. The molecule has 254 valence electrons. The molecule has 6 rings (SSSR count). The topological polar surface area (TPSA) is 122 Å². The Kier molecular flexibility index (Phi) is 13.5. The number of hydrogen-bond donors (Lipinski definition) is 2. The Bertz CT molecular complexity index is 1490. The zero-order valence-corrected chi connectivity index (χ0v) is 29.7. The van der Waals surface area contributed by atoms with E-state index in [0.29, 0.717) is 34.5 Å². The maximum absolute atomic E-state index is 14.1. The molecule has 0 radical (unpaired) electrons. The summed E-state index contributed by atoms with van der Waals surface area (Å²) in [7, 11) is 2.95. The normalized spacial score (nSPS) is 18.3. The second-order valence-electron chi connectivity index (χ2n) is 11.0. The highest BCUT2D eigenvalue weighted by Gasteiger charge is 2.37. The summed E-state index contributed by atoms with van der Waals surface area (Å²) in [6, 6.07) is 1.00. The molecule has 3 heterocycles. The molecular formula is C33H43Cl2N7O4S. The van der Waals surface area contributed by atoms with Crippen LogP contribution in [0.25, 0.3) is 0 Å². The van der Waals surface area contributed by atoms with Crippen LogP contribution in [0.4, 0.5) is 22.2 Å². The van der Waals surface area contributed by atoms with Crippen LogP contribution in [0, 0.1) is 0 Å². The van der Waals surface area contributed by atoms with Gasteiger partial charge in [-0.15, -0.1) is 11.3 Å². The first-order chi connectivity index (χ1) is 22.8. The van der Waals surface area contributed by atoms with Gasteiger partial charge >= 0.3 is 6.03 Å². The molecule has 47 heavy (non-hydrogen) atoms. The predicted octanol–water partition coefficient (Wildman–Crippen LogP) is 8.02. The Morgan fingerprint density at radius 1 is 1.04 bits per heavy atom. The number of nitrogens with one attached hydrogen (secondary N) is 2. The number of ether oxygens (including phenoxy) is 2. The zero-order valence-electron chi connectivity index (χ0n) is 27.4. The second-order valence-corrected chi connectivity index (χ2v) is 12.5. The number of amides is 3. The average molecular weight is 705 g/mol. The number of urea groups is 1. The lowest BCUT2D eigenvalue weighted by atomic mass is 9.90. The van der Waals surface area contributed by atoms with E-state index in [1.807, 2.05) is 19.2 Å². The van der Waals surface area contributed by atoms with Crippen molar-refractivity contribution in [1.29, 1.82) is 0 Å². The van der Waals surface area contributed by atoms with Gasteiger partial charge in [0, 0.05) is 35.3 Å². The molecule has 3 aliphatic rings. The minimum atomic E-state index is -0.400. The Hall–Kier alpha value is -3.61. The number of aromatic nitrogens is 3. The van der Waals surface area contributed by atoms with Crippen LogP contribution in [0.5, 0.6) is 11.5 Å². The summed E-state index contributed by atoms with van der Waals surface area (Å²) < 4.78 is 10.8. The molecule has 0 saturated heterocycles. The van der Waals surface area contributed by atoms with Crippen LogP contribution < -0.4 is 29.9 Å². The van der Waals surface area contributed by atoms with Crippen molar-refractivity contribution < 1.29 is 19.1 Å². The molecule has 2 N–H and O–H groups in total. The number of benzene rings is 1. The molecule has 2 unspecified atom stereocenters. The van der Waals surface area contributed by atoms with Gasteiger partial charge in [0.25, 0.3) is 0 Å². The van der Waals surface area contributed by atoms with E-state index in [1.165, 1.54) is 67.1 Å². The van der Waals surface area contributed by atoms with Crippen molar-refractivity contribution in [3.8, 4) is 11.5 Å². The van der Waals surface area contributed by atoms with E-state index in [0.717, 1.165) is 25.7 Å². The highest BCUT2D eigenvalue weighted by atomic mass is 35.5. The third-order valence-corrected chi connectivity index (χ3v) is 9.47. The average Bonchev–Trinajstić information content (AvgIpc) is 3.57. The van der Waals surface area contributed by atoms with Crippen LogP contribution in [0.15, 0.2) is 35.8 Å². The van der Waals surface area contributed by atoms with Gasteiger partial charge in [-0.2, -0.15) is 4.98 Å². The van der Waals surface area contributed by atoms with E-state index in [1.54, 1.807) is 17.8 Å². The van der Waals surface area contributed by atoms with Gasteiger partial charge in [-0.3, -0.25) is 14.6 Å². The lowest BCUT2D eigenvalue weighted by molar-refractivity contribution is -0.117. The predicted molar refractivity (Wildman–Crippen MR) is 189 cm³/mol. The monoisotopic (exact) mass is 703 g/mol. The van der Waals surface area contributed by atoms with Crippen LogP contribution in [0.3, 0.4) is 0 Å². The molecule has 1 aliphatic heterocycles. The number of halogens is 2. The number of anilines is 3. The van der Waals surface area contributed by atoms with Crippen LogP contribution in [-0.4, -0.2) is 53.2 Å². The minimum absolute atomic E-state index is 0.0738. The Morgan fingerprint density at radius 2 is 1.68 bits per heavy atom. The van der Waals surface area contributed by atoms with E-state index < -0.39 is 6.03 Å². The van der Waals surface area contributed by atoms with E-state index in [-0.39, 0.29) is 46.8 Å². The number of fused-ring (bicyclic) bond motifs is 1. The van der Waals surface area contributed by atoms with Crippen molar-refractivity contribution in [3.05, 3.63) is 57.1 Å². The standard InChI is InChI=1S/C27H29Cl2N7O4S.C4H8.C2H6/c1-4-21(37)32-17-7-5-6-8-18(17)33-26-30-10-15-11-35(24-22(28)19(39-2)9-20(40-3)23(24)29)27(38)36(25(15)34-26)12-16-13-41-14-31-16;1-2-4-3-1;1-2/h4,9-10,13-14,17-18H,1,5-8,11-12H2,2-3H3,(H,32,37)(H,30,33,34);1-4H2;1-2H3. The number of carbonyl (C=O) groups excluding carboxylic acids is 2. The van der Waals surface area contributed by atoms with Crippen molar-refractivity contribution in [2.45, 2.75) is 90.4 Å². The van der Waals surface area contributed by atoms with Gasteiger partial charge in [0.15, 0.2) is 0 Å². The Labute approximate surface area is 290 Å². The number of hydrogen-bond acceptors (Lipinski definition) is 9. The van der Waals surface area contributed by atoms with E-state index in [4.69, 9.17) is 37.7 Å². The molecule has 2 atom stereocenters. The second kappa shape index (κ2) is 17.5. The first-order valence-corrected chi connectivity index (χ1v) is 17.7. The first kappa shape index (κ1) is 36.2. The van der Waals surface area contributed by atoms with Crippen LogP contribution in [-0.2, 0) is 17.9 Å². The van der Waals surface area contributed by atoms with E-state index in [9.17, 15) is 9.59 Å². The van der Waals surface area contributed by atoms with Crippen LogP contribution in [0.1, 0.15) is 76.5 Å². The Balaban J connectivity index is 0.000000762. The molecule has 3 amide bonds. The third-order valence-electron chi connectivity index (χ3n) is 8.11. The molecule has 2 saturated carbocycles. The highest BCUT2D eigenvalue weighted by Crippen LogP contribution is 2.48. The summed E-state index contributed by atoms with van der Waals surface area (Å²) in [6.07, 6.45) is 12.6. The maximum Gasteiger partial charge on any atom is 0.330 e. The number of methoxy groups -OCH3 is 2.